The number of halogens is 2. The molecule has 5 N–H and O–H groups in total. The Bertz CT molecular complexity index is 1840. The lowest BCUT2D eigenvalue weighted by atomic mass is 10.0. The lowest BCUT2D eigenvalue weighted by Crippen LogP contribution is -2.35. The Labute approximate surface area is 288 Å². The first-order valence-electron chi connectivity index (χ1n) is 16.1. The van der Waals surface area contributed by atoms with Gasteiger partial charge in [-0.15, -0.1) is 0 Å². The van der Waals surface area contributed by atoms with Gasteiger partial charge in [0.05, 0.1) is 36.3 Å². The molecule has 0 saturated carbocycles. The predicted octanol–water partition coefficient (Wildman–Crippen LogP) is 4.50. The second kappa shape index (κ2) is 15.6. The number of ether oxygens (including phenoxy) is 2. The van der Waals surface area contributed by atoms with Crippen molar-refractivity contribution in [1.82, 2.24) is 36.2 Å². The van der Waals surface area contributed by atoms with Crippen LogP contribution in [-0.2, 0) is 22.7 Å². The number of amides is 2. The second-order valence-corrected chi connectivity index (χ2v) is 12.3. The van der Waals surface area contributed by atoms with E-state index in [2.05, 4.69) is 36.6 Å². The Morgan fingerprint density at radius 1 is 0.857 bits per heavy atom. The summed E-state index contributed by atoms with van der Waals surface area (Å²) in [5.41, 5.74) is 4.05. The number of aromatic nitrogens is 3. The summed E-state index contributed by atoms with van der Waals surface area (Å²) < 4.78 is 27.0. The number of hydrogen-bond donors (Lipinski definition) is 5. The highest BCUT2D eigenvalue weighted by Crippen LogP contribution is 2.42. The van der Waals surface area contributed by atoms with E-state index in [0.717, 1.165) is 18.4 Å². The molecule has 0 radical (unpaired) electrons. The molecule has 2 aliphatic rings. The molecule has 2 saturated heterocycles. The molecule has 0 unspecified atom stereocenters. The number of carbonyl (C=O) groups excluding carboxylic acids is 2. The van der Waals surface area contributed by atoms with Crippen LogP contribution in [0.25, 0.3) is 22.5 Å². The van der Waals surface area contributed by atoms with E-state index in [4.69, 9.17) is 26.1 Å². The van der Waals surface area contributed by atoms with Gasteiger partial charge in [0, 0.05) is 85.8 Å². The number of nitrogens with zero attached hydrogens (tertiary/aromatic N) is 3. The van der Waals surface area contributed by atoms with E-state index in [1.54, 1.807) is 37.6 Å². The number of para-hydroxylation sites is 1. The van der Waals surface area contributed by atoms with Crippen LogP contribution in [0.2, 0.25) is 5.02 Å². The van der Waals surface area contributed by atoms with Crippen LogP contribution in [0.3, 0.4) is 0 Å². The fourth-order valence-corrected chi connectivity index (χ4v) is 6.37. The van der Waals surface area contributed by atoms with Gasteiger partial charge in [0.25, 0.3) is 0 Å². The van der Waals surface area contributed by atoms with Crippen molar-refractivity contribution in [2.45, 2.75) is 50.9 Å². The van der Waals surface area contributed by atoms with Crippen molar-refractivity contribution in [3.63, 3.8) is 0 Å². The topological polar surface area (TPSA) is 151 Å². The van der Waals surface area contributed by atoms with Crippen molar-refractivity contribution in [3.8, 4) is 34.1 Å². The molecule has 6 rings (SSSR count). The number of anilines is 2. The normalized spacial score (nSPS) is 17.1. The third-order valence-corrected chi connectivity index (χ3v) is 8.96. The number of rotatable bonds is 14. The highest BCUT2D eigenvalue weighted by atomic mass is 35.5. The van der Waals surface area contributed by atoms with E-state index in [1.807, 2.05) is 18.2 Å². The maximum absolute atomic E-state index is 15.6. The Kier molecular flexibility index (Phi) is 10.8. The summed E-state index contributed by atoms with van der Waals surface area (Å²) in [5.74, 6) is 0.516. The minimum Gasteiger partial charge on any atom is -0.494 e. The standard InChI is InChI=1S/C35H38ClFN8O4/c1-48-33-25(4-3-5-27(33)44-34-31(37)20(12-14-41-34)16-38-18-22-7-10-28(46)42-22)32-30(36)24(13-15-40-32)26-9-6-21(35(45-26)49-2)17-39-19-23-8-11-29(47)43-23/h3-6,9,12-15,22-23,38-39H,7-8,10-11,16-19H2,1-2H3,(H,41,44)(H,42,46)(H,43,47)/t22-,23+/m1/s1. The average molecular weight is 689 g/mol. The van der Waals surface area contributed by atoms with Crippen LogP contribution in [0, 0.1) is 5.82 Å². The summed E-state index contributed by atoms with van der Waals surface area (Å²) in [6.45, 7) is 1.99. The number of pyridine rings is 3. The molecule has 3 aromatic heterocycles. The molecule has 2 amide bonds. The molecule has 12 nitrogen and oxygen atoms in total. The summed E-state index contributed by atoms with van der Waals surface area (Å²) >= 11 is 7.00. The van der Waals surface area contributed by atoms with E-state index >= 15 is 4.39 Å². The summed E-state index contributed by atoms with van der Waals surface area (Å²) in [6.07, 6.45) is 5.82. The molecular formula is C35H38ClFN8O4. The summed E-state index contributed by atoms with van der Waals surface area (Å²) in [6, 6.07) is 12.7. The number of carbonyl (C=O) groups is 2. The first-order valence-corrected chi connectivity index (χ1v) is 16.5. The number of hydrogen-bond acceptors (Lipinski definition) is 10. The average Bonchev–Trinajstić information content (AvgIpc) is 3.73. The third kappa shape index (κ3) is 7.90. The quantitative estimate of drug-likeness (QED) is 0.128. The Hall–Kier alpha value is -4.85. The summed E-state index contributed by atoms with van der Waals surface area (Å²) in [4.78, 5) is 36.5. The molecule has 0 spiro atoms. The smallest absolute Gasteiger partial charge is 0.220 e. The van der Waals surface area contributed by atoms with Crippen LogP contribution >= 0.6 is 11.6 Å². The lowest BCUT2D eigenvalue weighted by Gasteiger charge is -2.17. The second-order valence-electron chi connectivity index (χ2n) is 11.9. The van der Waals surface area contributed by atoms with E-state index in [-0.39, 0.29) is 36.3 Å². The minimum absolute atomic E-state index is 0.0376. The minimum atomic E-state index is -0.500. The van der Waals surface area contributed by atoms with Crippen molar-refractivity contribution in [3.05, 3.63) is 76.8 Å². The molecule has 2 fully saturated rings. The molecule has 0 bridgehead atoms. The third-order valence-electron chi connectivity index (χ3n) is 8.58. The largest absolute Gasteiger partial charge is 0.494 e. The zero-order valence-electron chi connectivity index (χ0n) is 27.2. The fraction of sp³-hybridized carbons (Fsp3) is 0.343. The highest BCUT2D eigenvalue weighted by Gasteiger charge is 2.23. The van der Waals surface area contributed by atoms with Gasteiger partial charge in [-0.25, -0.2) is 14.4 Å². The SMILES string of the molecule is COc1nc(-c2ccnc(-c3cccc(Nc4nccc(CNC[C@H]5CCC(=O)N5)c4F)c3OC)c2Cl)ccc1CNC[C@@H]1CCC(=O)N1. The van der Waals surface area contributed by atoms with Crippen LogP contribution < -0.4 is 36.1 Å². The van der Waals surface area contributed by atoms with Crippen molar-refractivity contribution in [2.75, 3.05) is 32.6 Å². The Morgan fingerprint density at radius 3 is 2.20 bits per heavy atom. The van der Waals surface area contributed by atoms with Gasteiger partial charge in [0.1, 0.15) is 0 Å². The summed E-state index contributed by atoms with van der Waals surface area (Å²) in [5, 5.41) is 15.9. The predicted molar refractivity (Wildman–Crippen MR) is 184 cm³/mol. The molecule has 2 atom stereocenters. The van der Waals surface area contributed by atoms with Crippen molar-refractivity contribution >= 4 is 34.9 Å². The highest BCUT2D eigenvalue weighted by molar-refractivity contribution is 6.35. The number of methoxy groups -OCH3 is 2. The van der Waals surface area contributed by atoms with Gasteiger partial charge in [0.15, 0.2) is 17.4 Å². The van der Waals surface area contributed by atoms with E-state index in [1.165, 1.54) is 13.3 Å². The molecule has 2 aliphatic heterocycles. The van der Waals surface area contributed by atoms with Gasteiger partial charge < -0.3 is 36.1 Å². The van der Waals surface area contributed by atoms with Gasteiger partial charge >= 0.3 is 0 Å². The maximum Gasteiger partial charge on any atom is 0.220 e. The van der Waals surface area contributed by atoms with Gasteiger partial charge in [-0.05, 0) is 43.2 Å². The summed E-state index contributed by atoms with van der Waals surface area (Å²) in [7, 11) is 3.09. The Morgan fingerprint density at radius 2 is 1.55 bits per heavy atom. The van der Waals surface area contributed by atoms with Crippen LogP contribution in [0.15, 0.2) is 54.9 Å². The monoisotopic (exact) mass is 688 g/mol. The van der Waals surface area contributed by atoms with Crippen molar-refractivity contribution in [2.24, 2.45) is 0 Å². The molecule has 256 valence electrons. The molecule has 4 aromatic rings. The van der Waals surface area contributed by atoms with Crippen LogP contribution in [0.4, 0.5) is 15.9 Å². The molecule has 5 heterocycles. The fourth-order valence-electron chi connectivity index (χ4n) is 6.06. The lowest BCUT2D eigenvalue weighted by molar-refractivity contribution is -0.120. The zero-order valence-corrected chi connectivity index (χ0v) is 28.0. The van der Waals surface area contributed by atoms with Gasteiger partial charge in [0.2, 0.25) is 17.7 Å². The van der Waals surface area contributed by atoms with E-state index in [0.29, 0.717) is 82.9 Å². The van der Waals surface area contributed by atoms with E-state index < -0.39 is 5.82 Å². The molecule has 1 aromatic carbocycles. The van der Waals surface area contributed by atoms with Crippen LogP contribution in [0.5, 0.6) is 11.6 Å². The van der Waals surface area contributed by atoms with Gasteiger partial charge in [-0.3, -0.25) is 14.6 Å². The molecular weight excluding hydrogens is 651 g/mol. The maximum atomic E-state index is 15.6. The van der Waals surface area contributed by atoms with Gasteiger partial charge in [-0.2, -0.15) is 0 Å². The van der Waals surface area contributed by atoms with Crippen LogP contribution in [0.1, 0.15) is 36.8 Å². The first kappa shape index (κ1) is 34.0. The molecule has 14 heteroatoms. The first-order chi connectivity index (χ1) is 23.8. The Balaban J connectivity index is 1.20. The van der Waals surface area contributed by atoms with Crippen molar-refractivity contribution in [1.29, 1.82) is 0 Å². The van der Waals surface area contributed by atoms with E-state index in [9.17, 15) is 9.59 Å². The van der Waals surface area contributed by atoms with Crippen molar-refractivity contribution < 1.29 is 23.5 Å². The zero-order chi connectivity index (χ0) is 34.3. The molecule has 0 aliphatic carbocycles. The number of benzene rings is 1. The molecule has 49 heavy (non-hydrogen) atoms. The van der Waals surface area contributed by atoms with Gasteiger partial charge in [-0.1, -0.05) is 23.7 Å². The van der Waals surface area contributed by atoms with Crippen LogP contribution in [-0.4, -0.2) is 66.2 Å². The number of nitrogens with one attached hydrogen (secondary N) is 5.